The van der Waals surface area contributed by atoms with Gasteiger partial charge in [0.1, 0.15) is 22.8 Å². The maximum atomic E-state index is 13.2. The maximum absolute atomic E-state index is 13.2. The summed E-state index contributed by atoms with van der Waals surface area (Å²) in [6, 6.07) is 1.63. The van der Waals surface area contributed by atoms with Crippen LogP contribution in [0.25, 0.3) is 10.9 Å². The van der Waals surface area contributed by atoms with E-state index in [4.69, 9.17) is 11.6 Å². The lowest BCUT2D eigenvalue weighted by molar-refractivity contribution is 0.590. The molecule has 0 unspecified atom stereocenters. The molecule has 0 radical (unpaired) electrons. The van der Waals surface area contributed by atoms with Crippen molar-refractivity contribution in [2.75, 3.05) is 0 Å². The van der Waals surface area contributed by atoms with Crippen LogP contribution < -0.4 is 5.56 Å². The van der Waals surface area contributed by atoms with E-state index in [-0.39, 0.29) is 22.6 Å². The normalized spacial score (nSPS) is 10.9. The third-order valence-electron chi connectivity index (χ3n) is 1.90. The third kappa shape index (κ3) is 1.70. The molecule has 0 aliphatic heterocycles. The number of hydrogen-bond donors (Lipinski definition) is 1. The molecule has 3 nitrogen and oxygen atoms in total. The second-order valence-corrected chi connectivity index (χ2v) is 3.20. The van der Waals surface area contributed by atoms with Gasteiger partial charge in [-0.2, -0.15) is 0 Å². The van der Waals surface area contributed by atoms with Crippen molar-refractivity contribution in [1.82, 2.24) is 9.97 Å². The van der Waals surface area contributed by atoms with Gasteiger partial charge in [-0.1, -0.05) is 0 Å². The van der Waals surface area contributed by atoms with Gasteiger partial charge in [-0.25, -0.2) is 13.8 Å². The Morgan fingerprint density at radius 3 is 2.80 bits per heavy atom. The Morgan fingerprint density at radius 2 is 2.13 bits per heavy atom. The van der Waals surface area contributed by atoms with Gasteiger partial charge in [0.05, 0.1) is 11.4 Å². The van der Waals surface area contributed by atoms with Gasteiger partial charge in [-0.3, -0.25) is 4.79 Å². The van der Waals surface area contributed by atoms with Gasteiger partial charge in [0.15, 0.2) is 0 Å². The highest BCUT2D eigenvalue weighted by Gasteiger charge is 2.10. The molecular weight excluding hydrogens is 226 g/mol. The number of rotatable bonds is 1. The first-order valence-electron chi connectivity index (χ1n) is 4.05. The molecule has 6 heteroatoms. The van der Waals surface area contributed by atoms with Crippen LogP contribution in [0.15, 0.2) is 16.9 Å². The molecule has 0 amide bonds. The van der Waals surface area contributed by atoms with Crippen LogP contribution in [0.3, 0.4) is 0 Å². The van der Waals surface area contributed by atoms with Gasteiger partial charge in [0, 0.05) is 12.1 Å². The molecule has 0 saturated carbocycles. The lowest BCUT2D eigenvalue weighted by Crippen LogP contribution is -2.12. The summed E-state index contributed by atoms with van der Waals surface area (Å²) in [6.45, 7) is 0. The monoisotopic (exact) mass is 230 g/mol. The highest BCUT2D eigenvalue weighted by atomic mass is 35.5. The fourth-order valence-corrected chi connectivity index (χ4v) is 1.43. The van der Waals surface area contributed by atoms with E-state index in [1.165, 1.54) is 0 Å². The lowest BCUT2D eigenvalue weighted by atomic mass is 10.2. The Kier molecular flexibility index (Phi) is 2.40. The molecule has 78 valence electrons. The van der Waals surface area contributed by atoms with E-state index in [0.29, 0.717) is 6.07 Å². The zero-order valence-electron chi connectivity index (χ0n) is 7.35. The Bertz CT molecular complexity index is 582. The van der Waals surface area contributed by atoms with E-state index in [2.05, 4.69) is 9.97 Å². The largest absolute Gasteiger partial charge is 0.309 e. The van der Waals surface area contributed by atoms with E-state index in [9.17, 15) is 13.6 Å². The summed E-state index contributed by atoms with van der Waals surface area (Å²) in [7, 11) is 0. The number of aromatic amines is 1. The van der Waals surface area contributed by atoms with Gasteiger partial charge in [0.2, 0.25) is 0 Å². The number of nitrogens with one attached hydrogen (secondary N) is 1. The van der Waals surface area contributed by atoms with Gasteiger partial charge < -0.3 is 4.98 Å². The van der Waals surface area contributed by atoms with Crippen LogP contribution in [-0.2, 0) is 5.88 Å². The maximum Gasteiger partial charge on any atom is 0.261 e. The van der Waals surface area contributed by atoms with Gasteiger partial charge >= 0.3 is 0 Å². The van der Waals surface area contributed by atoms with Crippen LogP contribution in [0.5, 0.6) is 0 Å². The van der Waals surface area contributed by atoms with Crippen molar-refractivity contribution < 1.29 is 8.78 Å². The van der Waals surface area contributed by atoms with Crippen molar-refractivity contribution in [3.8, 4) is 0 Å². The van der Waals surface area contributed by atoms with Crippen molar-refractivity contribution in [1.29, 1.82) is 0 Å². The minimum absolute atomic E-state index is 0.0245. The average molecular weight is 231 g/mol. The van der Waals surface area contributed by atoms with E-state index in [1.807, 2.05) is 0 Å². The minimum Gasteiger partial charge on any atom is -0.309 e. The number of H-pyrrole nitrogens is 1. The summed E-state index contributed by atoms with van der Waals surface area (Å²) in [4.78, 5) is 17.5. The van der Waals surface area contributed by atoms with Crippen molar-refractivity contribution in [2.45, 2.75) is 5.88 Å². The van der Waals surface area contributed by atoms with E-state index < -0.39 is 17.2 Å². The Morgan fingerprint density at radius 1 is 1.40 bits per heavy atom. The summed E-state index contributed by atoms with van der Waals surface area (Å²) >= 11 is 5.46. The molecule has 1 heterocycles. The molecule has 2 rings (SSSR count). The SMILES string of the molecule is O=c1[nH]c(CCl)nc2cc(F)cc(F)c12. The molecule has 1 N–H and O–H groups in total. The Labute approximate surface area is 87.7 Å². The highest BCUT2D eigenvalue weighted by Crippen LogP contribution is 2.14. The zero-order chi connectivity index (χ0) is 11.0. The lowest BCUT2D eigenvalue weighted by Gasteiger charge is -2.00. The predicted molar refractivity (Wildman–Crippen MR) is 51.8 cm³/mol. The van der Waals surface area contributed by atoms with Gasteiger partial charge in [0.25, 0.3) is 5.56 Å². The highest BCUT2D eigenvalue weighted by molar-refractivity contribution is 6.16. The van der Waals surface area contributed by atoms with Crippen molar-refractivity contribution in [2.24, 2.45) is 0 Å². The molecule has 1 aromatic carbocycles. The molecule has 0 saturated heterocycles. The molecule has 0 fully saturated rings. The zero-order valence-corrected chi connectivity index (χ0v) is 8.11. The summed E-state index contributed by atoms with van der Waals surface area (Å²) in [5.74, 6) is -1.55. The van der Waals surface area contributed by atoms with Crippen LogP contribution in [0.4, 0.5) is 8.78 Å². The molecule has 0 spiro atoms. The van der Waals surface area contributed by atoms with Crippen LogP contribution >= 0.6 is 11.6 Å². The summed E-state index contributed by atoms with van der Waals surface area (Å²) < 4.78 is 26.1. The van der Waals surface area contributed by atoms with Crippen LogP contribution in [0.2, 0.25) is 0 Å². The first-order chi connectivity index (χ1) is 7.11. The van der Waals surface area contributed by atoms with E-state index in [0.717, 1.165) is 6.07 Å². The van der Waals surface area contributed by atoms with Crippen molar-refractivity contribution >= 4 is 22.5 Å². The average Bonchev–Trinajstić information content (AvgIpc) is 2.15. The van der Waals surface area contributed by atoms with E-state index >= 15 is 0 Å². The number of benzene rings is 1. The molecule has 0 aliphatic carbocycles. The summed E-state index contributed by atoms with van der Waals surface area (Å²) in [6.07, 6.45) is 0. The first kappa shape index (κ1) is 10.0. The van der Waals surface area contributed by atoms with Crippen molar-refractivity contribution in [3.63, 3.8) is 0 Å². The smallest absolute Gasteiger partial charge is 0.261 e. The quantitative estimate of drug-likeness (QED) is 0.761. The topological polar surface area (TPSA) is 45.8 Å². The van der Waals surface area contributed by atoms with Crippen LogP contribution in [-0.4, -0.2) is 9.97 Å². The Balaban J connectivity index is 2.91. The number of nitrogens with zero attached hydrogens (tertiary/aromatic N) is 1. The summed E-state index contributed by atoms with van der Waals surface area (Å²) in [5.41, 5.74) is -0.694. The fraction of sp³-hybridized carbons (Fsp3) is 0.111. The fourth-order valence-electron chi connectivity index (χ4n) is 1.30. The number of alkyl halides is 1. The third-order valence-corrected chi connectivity index (χ3v) is 2.15. The second kappa shape index (κ2) is 3.58. The molecule has 0 atom stereocenters. The van der Waals surface area contributed by atoms with Gasteiger partial charge in [-0.15, -0.1) is 11.6 Å². The first-order valence-corrected chi connectivity index (χ1v) is 4.59. The molecule has 1 aromatic heterocycles. The molecule has 0 aliphatic rings. The van der Waals surface area contributed by atoms with E-state index in [1.54, 1.807) is 0 Å². The Hall–Kier alpha value is -1.49. The minimum atomic E-state index is -0.931. The second-order valence-electron chi connectivity index (χ2n) is 2.93. The predicted octanol–water partition coefficient (Wildman–Crippen LogP) is 1.94. The molecular formula is C9H5ClF2N2O. The molecule has 15 heavy (non-hydrogen) atoms. The number of aromatic nitrogens is 2. The molecule has 2 aromatic rings. The van der Waals surface area contributed by atoms with Crippen molar-refractivity contribution in [3.05, 3.63) is 39.9 Å². The molecule has 0 bridgehead atoms. The van der Waals surface area contributed by atoms with Crippen LogP contribution in [0, 0.1) is 11.6 Å². The van der Waals surface area contributed by atoms with Crippen LogP contribution in [0.1, 0.15) is 5.82 Å². The number of halogens is 3. The van der Waals surface area contributed by atoms with Gasteiger partial charge in [-0.05, 0) is 0 Å². The number of hydrogen-bond acceptors (Lipinski definition) is 2. The standard InChI is InChI=1S/C9H5ClF2N2O/c10-3-7-13-6-2-4(11)1-5(12)8(6)9(15)14-7/h1-2H,3H2,(H,13,14,15). The number of fused-ring (bicyclic) bond motifs is 1. The summed E-state index contributed by atoms with van der Waals surface area (Å²) in [5, 5.41) is -0.259.